The Balaban J connectivity index is 1.69. The fourth-order valence-electron chi connectivity index (χ4n) is 3.51. The van der Waals surface area contributed by atoms with E-state index < -0.39 is 0 Å². The molecule has 158 valence electrons. The van der Waals surface area contributed by atoms with Crippen LogP contribution in [0.3, 0.4) is 0 Å². The van der Waals surface area contributed by atoms with Crippen LogP contribution in [-0.2, 0) is 4.79 Å². The normalized spacial score (nSPS) is 15.6. The van der Waals surface area contributed by atoms with E-state index in [1.54, 1.807) is 43.4 Å². The number of hydrogen-bond donors (Lipinski definition) is 1. The minimum atomic E-state index is -0.304. The van der Waals surface area contributed by atoms with Crippen molar-refractivity contribution >= 4 is 35.0 Å². The van der Waals surface area contributed by atoms with E-state index >= 15 is 0 Å². The zero-order valence-corrected chi connectivity index (χ0v) is 18.0. The van der Waals surface area contributed by atoms with Crippen molar-refractivity contribution in [3.05, 3.63) is 83.9 Å². The molecule has 1 aliphatic rings. The Morgan fingerprint density at radius 1 is 1.00 bits per heavy atom. The Bertz CT molecular complexity index is 1100. The molecule has 0 spiro atoms. The van der Waals surface area contributed by atoms with Crippen LogP contribution < -0.4 is 19.7 Å². The minimum absolute atomic E-state index is 0.0253. The first-order valence-electron chi connectivity index (χ1n) is 9.73. The Morgan fingerprint density at radius 2 is 1.74 bits per heavy atom. The molecule has 1 atom stereocenters. The van der Waals surface area contributed by atoms with Crippen LogP contribution in [0, 0.1) is 0 Å². The van der Waals surface area contributed by atoms with Gasteiger partial charge in [-0.15, -0.1) is 11.8 Å². The third-order valence-electron chi connectivity index (χ3n) is 5.03. The second-order valence-corrected chi connectivity index (χ2v) is 7.94. The monoisotopic (exact) mass is 434 g/mol. The average molecular weight is 435 g/mol. The van der Waals surface area contributed by atoms with Crippen molar-refractivity contribution in [2.75, 3.05) is 30.2 Å². The summed E-state index contributed by atoms with van der Waals surface area (Å²) in [5, 5.41) is 2.69. The first-order valence-corrected chi connectivity index (χ1v) is 10.8. The smallest absolute Gasteiger partial charge is 0.255 e. The molecule has 1 fully saturated rings. The lowest BCUT2D eigenvalue weighted by Crippen LogP contribution is -2.29. The maximum atomic E-state index is 12.9. The molecule has 4 rings (SSSR count). The van der Waals surface area contributed by atoms with Gasteiger partial charge in [-0.05, 0) is 30.3 Å². The Labute approximate surface area is 185 Å². The average Bonchev–Trinajstić information content (AvgIpc) is 3.20. The number of anilines is 2. The maximum Gasteiger partial charge on any atom is 0.255 e. The van der Waals surface area contributed by atoms with Gasteiger partial charge in [-0.2, -0.15) is 0 Å². The number of thioether (sulfide) groups is 1. The molecule has 0 radical (unpaired) electrons. The van der Waals surface area contributed by atoms with E-state index in [4.69, 9.17) is 9.47 Å². The van der Waals surface area contributed by atoms with Crippen molar-refractivity contribution in [1.29, 1.82) is 0 Å². The molecule has 0 aromatic heterocycles. The number of rotatable bonds is 6. The summed E-state index contributed by atoms with van der Waals surface area (Å²) in [5.41, 5.74) is 2.75. The van der Waals surface area contributed by atoms with Crippen molar-refractivity contribution in [3.63, 3.8) is 0 Å². The maximum absolute atomic E-state index is 12.9. The molecule has 1 aliphatic heterocycles. The molecule has 6 nitrogen and oxygen atoms in total. The molecular weight excluding hydrogens is 412 g/mol. The van der Waals surface area contributed by atoms with Crippen LogP contribution in [0.25, 0.3) is 0 Å². The van der Waals surface area contributed by atoms with Gasteiger partial charge in [0.15, 0.2) is 0 Å². The van der Waals surface area contributed by atoms with Crippen molar-refractivity contribution < 1.29 is 19.1 Å². The number of methoxy groups -OCH3 is 2. The van der Waals surface area contributed by atoms with E-state index in [-0.39, 0.29) is 17.2 Å². The van der Waals surface area contributed by atoms with E-state index in [0.717, 1.165) is 5.56 Å². The van der Waals surface area contributed by atoms with Crippen LogP contribution in [0.4, 0.5) is 11.4 Å². The zero-order chi connectivity index (χ0) is 21.8. The standard InChI is InChI=1S/C24H22N2O4S/c1-29-17-12-13-20(21(14-17)30-2)26-22(27)15-31-24(26)18-10-6-7-11-19(18)25-23(28)16-8-4-3-5-9-16/h3-14,24H,15H2,1-2H3,(H,25,28)/t24-/m1/s1. The van der Waals surface area contributed by atoms with Crippen LogP contribution in [-0.4, -0.2) is 31.8 Å². The number of nitrogens with zero attached hydrogens (tertiary/aromatic N) is 1. The van der Waals surface area contributed by atoms with E-state index in [0.29, 0.717) is 34.2 Å². The van der Waals surface area contributed by atoms with E-state index in [1.807, 2.05) is 48.5 Å². The van der Waals surface area contributed by atoms with Crippen LogP contribution >= 0.6 is 11.8 Å². The summed E-state index contributed by atoms with van der Waals surface area (Å²) in [7, 11) is 3.15. The molecule has 1 N–H and O–H groups in total. The van der Waals surface area contributed by atoms with Gasteiger partial charge in [0.05, 0.1) is 25.7 Å². The number of benzene rings is 3. The van der Waals surface area contributed by atoms with Crippen LogP contribution in [0.1, 0.15) is 21.3 Å². The molecule has 0 bridgehead atoms. The number of amides is 2. The van der Waals surface area contributed by atoms with Gasteiger partial charge in [0.1, 0.15) is 16.9 Å². The van der Waals surface area contributed by atoms with Crippen LogP contribution in [0.5, 0.6) is 11.5 Å². The molecule has 1 heterocycles. The molecule has 1 saturated heterocycles. The van der Waals surface area contributed by atoms with Gasteiger partial charge in [0, 0.05) is 22.9 Å². The second-order valence-electron chi connectivity index (χ2n) is 6.87. The highest BCUT2D eigenvalue weighted by Crippen LogP contribution is 2.47. The summed E-state index contributed by atoms with van der Waals surface area (Å²) < 4.78 is 10.8. The van der Waals surface area contributed by atoms with Crippen molar-refractivity contribution in [2.45, 2.75) is 5.37 Å². The largest absolute Gasteiger partial charge is 0.497 e. The number of nitrogens with one attached hydrogen (secondary N) is 1. The molecule has 3 aromatic carbocycles. The van der Waals surface area contributed by atoms with Gasteiger partial charge >= 0.3 is 0 Å². The molecule has 31 heavy (non-hydrogen) atoms. The zero-order valence-electron chi connectivity index (χ0n) is 17.2. The van der Waals surface area contributed by atoms with Crippen LogP contribution in [0.15, 0.2) is 72.8 Å². The van der Waals surface area contributed by atoms with Crippen molar-refractivity contribution in [3.8, 4) is 11.5 Å². The lowest BCUT2D eigenvalue weighted by atomic mass is 10.1. The van der Waals surface area contributed by atoms with E-state index in [9.17, 15) is 9.59 Å². The van der Waals surface area contributed by atoms with Crippen molar-refractivity contribution in [2.24, 2.45) is 0 Å². The summed E-state index contributed by atoms with van der Waals surface area (Å²) in [6.07, 6.45) is 0. The summed E-state index contributed by atoms with van der Waals surface area (Å²) in [6.45, 7) is 0. The van der Waals surface area contributed by atoms with Gasteiger partial charge in [-0.1, -0.05) is 36.4 Å². The number of carbonyl (C=O) groups excluding carboxylic acids is 2. The summed E-state index contributed by atoms with van der Waals surface area (Å²) in [5.74, 6) is 1.30. The van der Waals surface area contributed by atoms with Gasteiger partial charge in [-0.3, -0.25) is 14.5 Å². The number of hydrogen-bond acceptors (Lipinski definition) is 5. The number of para-hydroxylation sites is 1. The summed E-state index contributed by atoms with van der Waals surface area (Å²) in [4.78, 5) is 27.3. The lowest BCUT2D eigenvalue weighted by Gasteiger charge is -2.27. The second kappa shape index (κ2) is 9.14. The molecule has 0 saturated carbocycles. The SMILES string of the molecule is COc1ccc(N2C(=O)CS[C@@H]2c2ccccc2NC(=O)c2ccccc2)c(OC)c1. The predicted octanol–water partition coefficient (Wildman–Crippen LogP) is 4.73. The molecule has 2 amide bonds. The molecule has 0 aliphatic carbocycles. The first kappa shape index (κ1) is 20.8. The molecule has 3 aromatic rings. The highest BCUT2D eigenvalue weighted by Gasteiger charge is 2.37. The first-order chi connectivity index (χ1) is 15.1. The molecule has 7 heteroatoms. The lowest BCUT2D eigenvalue weighted by molar-refractivity contribution is -0.115. The van der Waals surface area contributed by atoms with E-state index in [1.165, 1.54) is 11.8 Å². The van der Waals surface area contributed by atoms with Gasteiger partial charge < -0.3 is 14.8 Å². The highest BCUT2D eigenvalue weighted by molar-refractivity contribution is 8.00. The van der Waals surface area contributed by atoms with E-state index in [2.05, 4.69) is 5.32 Å². The Morgan fingerprint density at radius 3 is 2.48 bits per heavy atom. The Hall–Kier alpha value is -3.45. The highest BCUT2D eigenvalue weighted by atomic mass is 32.2. The predicted molar refractivity (Wildman–Crippen MR) is 123 cm³/mol. The van der Waals surface area contributed by atoms with Gasteiger partial charge in [0.25, 0.3) is 5.91 Å². The molecule has 0 unspecified atom stereocenters. The molecular formula is C24H22N2O4S. The third kappa shape index (κ3) is 4.22. The fraction of sp³-hybridized carbons (Fsp3) is 0.167. The Kier molecular flexibility index (Phi) is 6.13. The number of ether oxygens (including phenoxy) is 2. The topological polar surface area (TPSA) is 67.9 Å². The minimum Gasteiger partial charge on any atom is -0.497 e. The van der Waals surface area contributed by atoms with Crippen molar-refractivity contribution in [1.82, 2.24) is 0 Å². The van der Waals surface area contributed by atoms with Crippen LogP contribution in [0.2, 0.25) is 0 Å². The fourth-order valence-corrected chi connectivity index (χ4v) is 4.71. The third-order valence-corrected chi connectivity index (χ3v) is 6.22. The van der Waals surface area contributed by atoms with Gasteiger partial charge in [-0.25, -0.2) is 0 Å². The quantitative estimate of drug-likeness (QED) is 0.607. The summed E-state index contributed by atoms with van der Waals surface area (Å²) in [6, 6.07) is 22.0. The number of carbonyl (C=O) groups is 2. The van der Waals surface area contributed by atoms with Gasteiger partial charge in [0.2, 0.25) is 5.91 Å². The summed E-state index contributed by atoms with van der Waals surface area (Å²) >= 11 is 1.51.